The molecular formula is C11H12BrN5O2. The van der Waals surface area contributed by atoms with Gasteiger partial charge in [-0.3, -0.25) is 10.1 Å². The van der Waals surface area contributed by atoms with Crippen molar-refractivity contribution in [2.24, 2.45) is 0 Å². The maximum absolute atomic E-state index is 11.6. The van der Waals surface area contributed by atoms with E-state index in [9.17, 15) is 4.79 Å². The number of anilines is 1. The van der Waals surface area contributed by atoms with Gasteiger partial charge in [-0.2, -0.15) is 4.80 Å². The molecule has 0 unspecified atom stereocenters. The van der Waals surface area contributed by atoms with Crippen molar-refractivity contribution in [1.82, 2.24) is 20.2 Å². The molecule has 1 N–H and O–H groups in total. The topological polar surface area (TPSA) is 81.9 Å². The fourth-order valence-electron chi connectivity index (χ4n) is 1.27. The third kappa shape index (κ3) is 4.02. The van der Waals surface area contributed by atoms with E-state index in [1.807, 2.05) is 19.1 Å². The van der Waals surface area contributed by atoms with Gasteiger partial charge in [0.15, 0.2) is 6.61 Å². The van der Waals surface area contributed by atoms with Gasteiger partial charge in [-0.15, -0.1) is 5.10 Å². The Hall–Kier alpha value is -1.96. The van der Waals surface area contributed by atoms with Crippen LogP contribution in [0.25, 0.3) is 0 Å². The molecule has 1 aromatic heterocycles. The highest BCUT2D eigenvalue weighted by atomic mass is 79.9. The molecule has 100 valence electrons. The van der Waals surface area contributed by atoms with Crippen molar-refractivity contribution in [2.75, 3.05) is 11.9 Å². The summed E-state index contributed by atoms with van der Waals surface area (Å²) >= 11 is 3.32. The number of tetrazole rings is 1. The minimum Gasteiger partial charge on any atom is -0.484 e. The number of benzene rings is 1. The second kappa shape index (κ2) is 6.28. The molecule has 7 nitrogen and oxygen atoms in total. The average molecular weight is 326 g/mol. The van der Waals surface area contributed by atoms with Crippen LogP contribution in [0.15, 0.2) is 28.7 Å². The lowest BCUT2D eigenvalue weighted by Crippen LogP contribution is -2.21. The lowest BCUT2D eigenvalue weighted by molar-refractivity contribution is -0.118. The molecular weight excluding hydrogens is 314 g/mol. The minimum absolute atomic E-state index is 0.109. The summed E-state index contributed by atoms with van der Waals surface area (Å²) in [4.78, 5) is 13.0. The number of rotatable bonds is 5. The molecule has 0 aliphatic heterocycles. The number of amides is 1. The Labute approximate surface area is 118 Å². The van der Waals surface area contributed by atoms with Crippen LogP contribution < -0.4 is 10.1 Å². The van der Waals surface area contributed by atoms with Crippen molar-refractivity contribution in [1.29, 1.82) is 0 Å². The summed E-state index contributed by atoms with van der Waals surface area (Å²) < 4.78 is 6.26. The number of aryl methyl sites for hydroxylation is 1. The summed E-state index contributed by atoms with van der Waals surface area (Å²) in [7, 11) is 0. The van der Waals surface area contributed by atoms with Crippen LogP contribution in [-0.2, 0) is 11.3 Å². The highest BCUT2D eigenvalue weighted by molar-refractivity contribution is 9.10. The van der Waals surface area contributed by atoms with E-state index in [0.29, 0.717) is 12.3 Å². The Morgan fingerprint density at radius 2 is 2.16 bits per heavy atom. The van der Waals surface area contributed by atoms with E-state index in [0.717, 1.165) is 4.47 Å². The van der Waals surface area contributed by atoms with Crippen LogP contribution in [0.5, 0.6) is 5.75 Å². The number of carbonyl (C=O) groups excluding carboxylic acids is 1. The Bertz CT molecular complexity index is 554. The van der Waals surface area contributed by atoms with Gasteiger partial charge in [0.2, 0.25) is 0 Å². The average Bonchev–Trinajstić information content (AvgIpc) is 2.86. The van der Waals surface area contributed by atoms with Crippen molar-refractivity contribution >= 4 is 27.8 Å². The van der Waals surface area contributed by atoms with Crippen LogP contribution >= 0.6 is 15.9 Å². The fourth-order valence-corrected chi connectivity index (χ4v) is 1.53. The normalized spacial score (nSPS) is 10.2. The maximum Gasteiger partial charge on any atom is 0.270 e. The number of nitrogens with one attached hydrogen (secondary N) is 1. The summed E-state index contributed by atoms with van der Waals surface area (Å²) in [5.41, 5.74) is 0. The zero-order valence-corrected chi connectivity index (χ0v) is 11.8. The van der Waals surface area contributed by atoms with Crippen molar-refractivity contribution in [3.8, 4) is 5.75 Å². The quantitative estimate of drug-likeness (QED) is 0.900. The summed E-state index contributed by atoms with van der Waals surface area (Å²) in [5, 5.41) is 13.8. The molecule has 2 rings (SSSR count). The van der Waals surface area contributed by atoms with E-state index < -0.39 is 0 Å². The SMILES string of the molecule is CCn1nnc(NC(=O)COc2ccc(Br)cc2)n1. The van der Waals surface area contributed by atoms with Crippen LogP contribution in [-0.4, -0.2) is 32.7 Å². The van der Waals surface area contributed by atoms with Crippen LogP contribution in [0.4, 0.5) is 5.95 Å². The Morgan fingerprint density at radius 3 is 2.79 bits per heavy atom. The Morgan fingerprint density at radius 1 is 1.42 bits per heavy atom. The van der Waals surface area contributed by atoms with Gasteiger partial charge in [0.25, 0.3) is 11.9 Å². The summed E-state index contributed by atoms with van der Waals surface area (Å²) in [6, 6.07) is 7.20. The first-order valence-electron chi connectivity index (χ1n) is 5.63. The third-order valence-corrected chi connectivity index (χ3v) is 2.70. The lowest BCUT2D eigenvalue weighted by Gasteiger charge is -2.05. The van der Waals surface area contributed by atoms with Gasteiger partial charge in [0.05, 0.1) is 6.54 Å². The Kier molecular flexibility index (Phi) is 4.45. The lowest BCUT2D eigenvalue weighted by atomic mass is 10.3. The summed E-state index contributed by atoms with van der Waals surface area (Å²) in [6.07, 6.45) is 0. The van der Waals surface area contributed by atoms with Gasteiger partial charge in [-0.1, -0.05) is 21.0 Å². The second-order valence-corrected chi connectivity index (χ2v) is 4.51. The first kappa shape index (κ1) is 13.5. The van der Waals surface area contributed by atoms with Crippen LogP contribution in [0, 0.1) is 0 Å². The van der Waals surface area contributed by atoms with Crippen molar-refractivity contribution < 1.29 is 9.53 Å². The molecule has 0 atom stereocenters. The second-order valence-electron chi connectivity index (χ2n) is 3.59. The summed E-state index contributed by atoms with van der Waals surface area (Å²) in [5.74, 6) is 0.452. The highest BCUT2D eigenvalue weighted by Gasteiger charge is 2.07. The minimum atomic E-state index is -0.335. The van der Waals surface area contributed by atoms with Gasteiger partial charge in [-0.25, -0.2) is 0 Å². The van der Waals surface area contributed by atoms with Crippen molar-refractivity contribution in [3.63, 3.8) is 0 Å². The predicted molar refractivity (Wildman–Crippen MR) is 71.8 cm³/mol. The van der Waals surface area contributed by atoms with Gasteiger partial charge in [0.1, 0.15) is 5.75 Å². The number of nitrogens with zero attached hydrogens (tertiary/aromatic N) is 4. The van der Waals surface area contributed by atoms with E-state index in [1.165, 1.54) is 4.80 Å². The van der Waals surface area contributed by atoms with Crippen LogP contribution in [0.3, 0.4) is 0 Å². The zero-order valence-electron chi connectivity index (χ0n) is 10.2. The molecule has 0 aliphatic carbocycles. The number of ether oxygens (including phenoxy) is 1. The molecule has 8 heteroatoms. The monoisotopic (exact) mass is 325 g/mol. The molecule has 0 bridgehead atoms. The van der Waals surface area contributed by atoms with E-state index in [4.69, 9.17) is 4.74 Å². The van der Waals surface area contributed by atoms with E-state index in [1.54, 1.807) is 12.1 Å². The molecule has 2 aromatic rings. The largest absolute Gasteiger partial charge is 0.484 e. The fraction of sp³-hybridized carbons (Fsp3) is 0.273. The molecule has 0 radical (unpaired) electrons. The van der Waals surface area contributed by atoms with Gasteiger partial charge < -0.3 is 4.74 Å². The maximum atomic E-state index is 11.6. The number of carbonyl (C=O) groups is 1. The molecule has 0 fully saturated rings. The first-order chi connectivity index (χ1) is 9.17. The third-order valence-electron chi connectivity index (χ3n) is 2.17. The molecule has 0 spiro atoms. The number of hydrogen-bond acceptors (Lipinski definition) is 5. The van der Waals surface area contributed by atoms with E-state index in [2.05, 4.69) is 36.7 Å². The number of aromatic nitrogens is 4. The number of halogens is 1. The van der Waals surface area contributed by atoms with Crippen LogP contribution in [0.2, 0.25) is 0 Å². The molecule has 1 heterocycles. The molecule has 19 heavy (non-hydrogen) atoms. The molecule has 0 saturated carbocycles. The van der Waals surface area contributed by atoms with Gasteiger partial charge >= 0.3 is 0 Å². The summed E-state index contributed by atoms with van der Waals surface area (Å²) in [6.45, 7) is 2.37. The molecule has 1 aromatic carbocycles. The predicted octanol–water partition coefficient (Wildman–Crippen LogP) is 1.47. The van der Waals surface area contributed by atoms with E-state index in [-0.39, 0.29) is 18.5 Å². The van der Waals surface area contributed by atoms with Gasteiger partial charge in [-0.05, 0) is 36.4 Å². The van der Waals surface area contributed by atoms with Crippen molar-refractivity contribution in [2.45, 2.75) is 13.5 Å². The van der Waals surface area contributed by atoms with E-state index >= 15 is 0 Å². The zero-order chi connectivity index (χ0) is 13.7. The molecule has 1 amide bonds. The van der Waals surface area contributed by atoms with Gasteiger partial charge in [0, 0.05) is 4.47 Å². The highest BCUT2D eigenvalue weighted by Crippen LogP contribution is 2.15. The number of hydrogen-bond donors (Lipinski definition) is 1. The Balaban J connectivity index is 1.82. The van der Waals surface area contributed by atoms with Crippen molar-refractivity contribution in [3.05, 3.63) is 28.7 Å². The molecule has 0 aliphatic rings. The first-order valence-corrected chi connectivity index (χ1v) is 6.42. The molecule has 0 saturated heterocycles. The smallest absolute Gasteiger partial charge is 0.270 e. The standard InChI is InChI=1S/C11H12BrN5O2/c1-2-17-15-11(14-16-17)13-10(18)7-19-9-5-3-8(12)4-6-9/h3-6H,2,7H2,1H3,(H,13,15,18). The van der Waals surface area contributed by atoms with Crippen LogP contribution in [0.1, 0.15) is 6.92 Å².